The molecule has 0 bridgehead atoms. The summed E-state index contributed by atoms with van der Waals surface area (Å²) in [4.78, 5) is 42.7. The summed E-state index contributed by atoms with van der Waals surface area (Å²) in [5.41, 5.74) is 1.86. The third kappa shape index (κ3) is 7.79. The summed E-state index contributed by atoms with van der Waals surface area (Å²) in [6.07, 6.45) is 4.50. The Kier molecular flexibility index (Phi) is 10.5. The average Bonchev–Trinajstić information content (AvgIpc) is 3.22. The number of piperidine rings is 1. The molecule has 7 nitrogen and oxygen atoms in total. The predicted octanol–water partition coefficient (Wildman–Crippen LogP) is 4.51. The Bertz CT molecular complexity index is 1220. The van der Waals surface area contributed by atoms with Crippen molar-refractivity contribution in [2.45, 2.75) is 58.0 Å². The van der Waals surface area contributed by atoms with Crippen LogP contribution in [0, 0.1) is 24.5 Å². The number of halogens is 3. The van der Waals surface area contributed by atoms with E-state index < -0.39 is 29.5 Å². The number of hydrogen-bond acceptors (Lipinski definition) is 4. The number of carbonyl (C=O) groups is 3. The highest BCUT2D eigenvalue weighted by atomic mass is 35.5. The van der Waals surface area contributed by atoms with Crippen LogP contribution in [-0.2, 0) is 20.9 Å². The molecule has 3 amide bonds. The van der Waals surface area contributed by atoms with Gasteiger partial charge in [0, 0.05) is 42.1 Å². The van der Waals surface area contributed by atoms with E-state index in [1.807, 2.05) is 13.0 Å². The number of amides is 3. The molecule has 0 aromatic heterocycles. The first-order valence-electron chi connectivity index (χ1n) is 14.0. The van der Waals surface area contributed by atoms with E-state index in [4.69, 9.17) is 11.6 Å². The number of hydrogen-bond donors (Lipinski definition) is 2. The lowest BCUT2D eigenvalue weighted by Crippen LogP contribution is -2.41. The molecule has 0 spiro atoms. The molecule has 0 saturated carbocycles. The maximum atomic E-state index is 14.8. The van der Waals surface area contributed by atoms with Crippen LogP contribution in [0.5, 0.6) is 0 Å². The molecule has 0 unspecified atom stereocenters. The first-order valence-corrected chi connectivity index (χ1v) is 14.4. The zero-order valence-electron chi connectivity index (χ0n) is 22.9. The van der Waals surface area contributed by atoms with Gasteiger partial charge in [-0.25, -0.2) is 8.78 Å². The molecule has 2 aromatic carbocycles. The quantitative estimate of drug-likeness (QED) is 0.387. The molecule has 2 saturated heterocycles. The molecule has 2 aromatic rings. The van der Waals surface area contributed by atoms with Crippen molar-refractivity contribution in [1.82, 2.24) is 20.4 Å². The van der Waals surface area contributed by atoms with E-state index >= 15 is 0 Å². The maximum Gasteiger partial charge on any atom is 0.239 e. The van der Waals surface area contributed by atoms with Gasteiger partial charge >= 0.3 is 0 Å². The second-order valence-electron chi connectivity index (χ2n) is 10.7. The van der Waals surface area contributed by atoms with Crippen LogP contribution in [0.2, 0.25) is 5.02 Å². The van der Waals surface area contributed by atoms with Gasteiger partial charge in [0.05, 0.1) is 6.04 Å². The molecule has 216 valence electrons. The van der Waals surface area contributed by atoms with Gasteiger partial charge in [0.15, 0.2) is 0 Å². The zero-order valence-corrected chi connectivity index (χ0v) is 23.6. The van der Waals surface area contributed by atoms with Crippen LogP contribution < -0.4 is 10.6 Å². The van der Waals surface area contributed by atoms with Gasteiger partial charge in [0.2, 0.25) is 17.7 Å². The standard InChI is InChI=1S/C30H37ClF2N4O3/c1-20-21(7-5-8-25(20)31)18-35-28(38)16-22-15-27(24-10-9-23(32)17-26(24)33)37(30(22)40)19-29(39)34-11-6-14-36-12-3-2-4-13-36/h5,7-10,17,22,27H,2-4,6,11-16,18-19H2,1H3,(H,34,39)(H,35,38)/t22-,27-/m1/s1. The Hall–Kier alpha value is -3.04. The van der Waals surface area contributed by atoms with Crippen molar-refractivity contribution in [2.24, 2.45) is 5.92 Å². The summed E-state index contributed by atoms with van der Waals surface area (Å²) >= 11 is 6.16. The van der Waals surface area contributed by atoms with E-state index in [1.165, 1.54) is 30.2 Å². The lowest BCUT2D eigenvalue weighted by molar-refractivity contribution is -0.138. The molecule has 2 fully saturated rings. The number of nitrogens with one attached hydrogen (secondary N) is 2. The third-order valence-corrected chi connectivity index (χ3v) is 8.27. The highest BCUT2D eigenvalue weighted by Gasteiger charge is 2.42. The van der Waals surface area contributed by atoms with E-state index in [1.54, 1.807) is 12.1 Å². The van der Waals surface area contributed by atoms with Crippen molar-refractivity contribution in [3.63, 3.8) is 0 Å². The van der Waals surface area contributed by atoms with Crippen LogP contribution in [0.3, 0.4) is 0 Å². The molecule has 2 aliphatic heterocycles. The van der Waals surface area contributed by atoms with Crippen LogP contribution in [0.25, 0.3) is 0 Å². The first kappa shape index (κ1) is 29.9. The molecule has 0 radical (unpaired) electrons. The molecule has 10 heteroatoms. The average molecular weight is 575 g/mol. The van der Waals surface area contributed by atoms with Crippen molar-refractivity contribution in [3.05, 3.63) is 69.7 Å². The van der Waals surface area contributed by atoms with E-state index in [0.717, 1.165) is 49.3 Å². The Morgan fingerprint density at radius 2 is 1.82 bits per heavy atom. The Labute approximate surface area is 239 Å². The molecule has 2 N–H and O–H groups in total. The van der Waals surface area contributed by atoms with Crippen molar-refractivity contribution in [3.8, 4) is 0 Å². The topological polar surface area (TPSA) is 81.8 Å². The molecule has 2 aliphatic rings. The Morgan fingerprint density at radius 1 is 1.05 bits per heavy atom. The summed E-state index contributed by atoms with van der Waals surface area (Å²) in [7, 11) is 0. The van der Waals surface area contributed by atoms with Gasteiger partial charge in [-0.3, -0.25) is 14.4 Å². The van der Waals surface area contributed by atoms with Gasteiger partial charge in [-0.1, -0.05) is 36.2 Å². The maximum absolute atomic E-state index is 14.8. The lowest BCUT2D eigenvalue weighted by atomic mass is 9.96. The molecule has 2 heterocycles. The van der Waals surface area contributed by atoms with Crippen LogP contribution in [-0.4, -0.2) is 60.2 Å². The molecule has 2 atom stereocenters. The van der Waals surface area contributed by atoms with Gasteiger partial charge in [-0.15, -0.1) is 0 Å². The monoisotopic (exact) mass is 574 g/mol. The van der Waals surface area contributed by atoms with Gasteiger partial charge in [0.25, 0.3) is 0 Å². The summed E-state index contributed by atoms with van der Waals surface area (Å²) in [6.45, 7) is 5.39. The highest BCUT2D eigenvalue weighted by molar-refractivity contribution is 6.31. The van der Waals surface area contributed by atoms with Crippen molar-refractivity contribution < 1.29 is 23.2 Å². The van der Waals surface area contributed by atoms with Crippen LogP contribution >= 0.6 is 11.6 Å². The molecular formula is C30H37ClF2N4O3. The summed E-state index contributed by atoms with van der Waals surface area (Å²) in [6, 6.07) is 7.86. The van der Waals surface area contributed by atoms with Gasteiger partial charge < -0.3 is 20.4 Å². The Morgan fingerprint density at radius 3 is 2.58 bits per heavy atom. The minimum atomic E-state index is -0.786. The lowest BCUT2D eigenvalue weighted by Gasteiger charge is -2.27. The fraction of sp³-hybridized carbons (Fsp3) is 0.500. The normalized spacial score (nSPS) is 19.6. The zero-order chi connectivity index (χ0) is 28.6. The third-order valence-electron chi connectivity index (χ3n) is 7.86. The molecule has 4 rings (SSSR count). The fourth-order valence-corrected chi connectivity index (χ4v) is 5.76. The van der Waals surface area contributed by atoms with E-state index in [2.05, 4.69) is 15.5 Å². The first-order chi connectivity index (χ1) is 19.2. The SMILES string of the molecule is Cc1c(Cl)cccc1CNC(=O)C[C@H]1C[C@H](c2ccc(F)cc2F)N(CC(=O)NCCCN2CCCCC2)C1=O. The number of benzene rings is 2. The second kappa shape index (κ2) is 14.0. The van der Waals surface area contributed by atoms with Gasteiger partial charge in [-0.2, -0.15) is 0 Å². The van der Waals surface area contributed by atoms with Crippen LogP contribution in [0.4, 0.5) is 8.78 Å². The van der Waals surface area contributed by atoms with E-state index in [9.17, 15) is 23.2 Å². The number of nitrogens with zero attached hydrogens (tertiary/aromatic N) is 2. The molecule has 40 heavy (non-hydrogen) atoms. The van der Waals surface area contributed by atoms with Crippen LogP contribution in [0.15, 0.2) is 36.4 Å². The minimum absolute atomic E-state index is 0.105. The predicted molar refractivity (Wildman–Crippen MR) is 149 cm³/mol. The highest BCUT2D eigenvalue weighted by Crippen LogP contribution is 2.39. The van der Waals surface area contributed by atoms with Crippen molar-refractivity contribution in [1.29, 1.82) is 0 Å². The minimum Gasteiger partial charge on any atom is -0.355 e. The fourth-order valence-electron chi connectivity index (χ4n) is 5.57. The van der Waals surface area contributed by atoms with E-state index in [0.29, 0.717) is 11.6 Å². The molecular weight excluding hydrogens is 538 g/mol. The Balaban J connectivity index is 1.37. The summed E-state index contributed by atoms with van der Waals surface area (Å²) in [5.74, 6) is -3.32. The second-order valence-corrected chi connectivity index (χ2v) is 11.1. The number of rotatable bonds is 11. The van der Waals surface area contributed by atoms with Crippen molar-refractivity contribution >= 4 is 29.3 Å². The summed E-state index contributed by atoms with van der Waals surface area (Å²) < 4.78 is 28.4. The van der Waals surface area contributed by atoms with Crippen molar-refractivity contribution in [2.75, 3.05) is 32.7 Å². The number of carbonyl (C=O) groups excluding carboxylic acids is 3. The van der Waals surface area contributed by atoms with Crippen LogP contribution in [0.1, 0.15) is 61.3 Å². The van der Waals surface area contributed by atoms with Gasteiger partial charge in [-0.05, 0) is 75.5 Å². The largest absolute Gasteiger partial charge is 0.355 e. The van der Waals surface area contributed by atoms with Gasteiger partial charge in [0.1, 0.15) is 18.2 Å². The number of likely N-dealkylation sites (tertiary alicyclic amines) is 2. The van der Waals surface area contributed by atoms with E-state index in [-0.39, 0.29) is 43.3 Å². The summed E-state index contributed by atoms with van der Waals surface area (Å²) in [5, 5.41) is 6.29. The smallest absolute Gasteiger partial charge is 0.239 e. The molecule has 0 aliphatic carbocycles.